The van der Waals surface area contributed by atoms with Crippen LogP contribution in [0.15, 0.2) is 24.8 Å². The third-order valence-electron chi connectivity index (χ3n) is 5.03. The van der Waals surface area contributed by atoms with Crippen LogP contribution < -0.4 is 9.44 Å². The summed E-state index contributed by atoms with van der Waals surface area (Å²) in [6.45, 7) is 0. The van der Waals surface area contributed by atoms with Gasteiger partial charge in [-0.2, -0.15) is 13.1 Å². The van der Waals surface area contributed by atoms with Gasteiger partial charge in [-0.05, 0) is 30.7 Å². The van der Waals surface area contributed by atoms with E-state index in [-0.39, 0.29) is 17.9 Å². The number of pyridine rings is 1. The Balaban J connectivity index is 1.60. The van der Waals surface area contributed by atoms with Crippen LogP contribution >= 0.6 is 11.6 Å². The van der Waals surface area contributed by atoms with Gasteiger partial charge in [0.15, 0.2) is 0 Å². The van der Waals surface area contributed by atoms with Crippen molar-refractivity contribution in [3.8, 4) is 0 Å². The van der Waals surface area contributed by atoms with E-state index in [1.807, 2.05) is 0 Å². The molecule has 124 valence electrons. The fourth-order valence-electron chi connectivity index (χ4n) is 3.87. The quantitative estimate of drug-likeness (QED) is 0.749. The third kappa shape index (κ3) is 2.45. The lowest BCUT2D eigenvalue weighted by atomic mass is 9.88. The standard InChI is InChI=1S/C14H17ClN4O3S/c1-16-23(21,22)18-13-9-3-14(20,4-10(9)13)11-2-8(15)6-19-7-17-5-12(11)19/h2,5-7,9-10,13,16,18,20H,3-4H2,1H3/t9-,10+,13-,14+. The number of imidazole rings is 1. The van der Waals surface area contributed by atoms with Crippen molar-refractivity contribution < 1.29 is 13.5 Å². The summed E-state index contributed by atoms with van der Waals surface area (Å²) in [6, 6.07) is 1.67. The largest absolute Gasteiger partial charge is 0.385 e. The Labute approximate surface area is 138 Å². The summed E-state index contributed by atoms with van der Waals surface area (Å²) in [4.78, 5) is 4.10. The molecule has 0 aliphatic heterocycles. The molecule has 2 aliphatic rings. The lowest BCUT2D eigenvalue weighted by Crippen LogP contribution is -2.39. The number of hydrogen-bond donors (Lipinski definition) is 3. The van der Waals surface area contributed by atoms with Crippen LogP contribution in [0.4, 0.5) is 0 Å². The summed E-state index contributed by atoms with van der Waals surface area (Å²) in [5.41, 5.74) is 0.582. The Kier molecular flexibility index (Phi) is 3.27. The topological polar surface area (TPSA) is 95.7 Å². The first-order valence-corrected chi connectivity index (χ1v) is 9.24. The van der Waals surface area contributed by atoms with E-state index in [2.05, 4.69) is 14.4 Å². The zero-order valence-electron chi connectivity index (χ0n) is 12.4. The molecule has 0 unspecified atom stereocenters. The van der Waals surface area contributed by atoms with E-state index in [4.69, 9.17) is 11.6 Å². The maximum atomic E-state index is 11.6. The first kappa shape index (κ1) is 15.3. The summed E-state index contributed by atoms with van der Waals surface area (Å²) < 4.78 is 29.8. The van der Waals surface area contributed by atoms with Crippen LogP contribution in [-0.4, -0.2) is 36.0 Å². The minimum Gasteiger partial charge on any atom is -0.385 e. The molecule has 0 saturated heterocycles. The van der Waals surface area contributed by atoms with Crippen LogP contribution in [0.2, 0.25) is 5.02 Å². The predicted octanol–water partition coefficient (Wildman–Crippen LogP) is 0.638. The van der Waals surface area contributed by atoms with Gasteiger partial charge in [0.05, 0.1) is 28.7 Å². The number of hydrogen-bond acceptors (Lipinski definition) is 4. The lowest BCUT2D eigenvalue weighted by molar-refractivity contribution is 0.0300. The predicted molar refractivity (Wildman–Crippen MR) is 85.2 cm³/mol. The van der Waals surface area contributed by atoms with Crippen molar-refractivity contribution in [3.63, 3.8) is 0 Å². The highest BCUT2D eigenvalue weighted by atomic mass is 35.5. The van der Waals surface area contributed by atoms with Gasteiger partial charge in [-0.3, -0.25) is 0 Å². The highest BCUT2D eigenvalue weighted by molar-refractivity contribution is 7.87. The normalized spacial score (nSPS) is 33.1. The number of nitrogens with one attached hydrogen (secondary N) is 2. The van der Waals surface area contributed by atoms with Crippen LogP contribution in [0, 0.1) is 11.8 Å². The molecule has 2 fully saturated rings. The lowest BCUT2D eigenvalue weighted by Gasteiger charge is -2.27. The molecule has 2 aliphatic carbocycles. The number of rotatable bonds is 4. The SMILES string of the molecule is CNS(=O)(=O)N[C@@H]1[C@@H]2C[C@@](O)(c3cc(Cl)cn4cncc34)C[C@@H]21. The Morgan fingerprint density at radius 2 is 2.13 bits per heavy atom. The minimum absolute atomic E-state index is 0.104. The van der Waals surface area contributed by atoms with E-state index in [0.717, 1.165) is 11.1 Å². The molecule has 2 saturated carbocycles. The molecule has 2 heterocycles. The summed E-state index contributed by atoms with van der Waals surface area (Å²) >= 11 is 6.14. The van der Waals surface area contributed by atoms with Crippen LogP contribution in [0.5, 0.6) is 0 Å². The molecule has 2 aromatic rings. The van der Waals surface area contributed by atoms with Crippen molar-refractivity contribution in [2.24, 2.45) is 11.8 Å². The minimum atomic E-state index is -3.45. The number of aromatic nitrogens is 2. The second-order valence-electron chi connectivity index (χ2n) is 6.38. The number of halogens is 1. The highest BCUT2D eigenvalue weighted by Gasteiger charge is 2.62. The molecular formula is C14H17ClN4O3S. The van der Waals surface area contributed by atoms with Crippen LogP contribution in [0.3, 0.4) is 0 Å². The van der Waals surface area contributed by atoms with Gasteiger partial charge in [0.25, 0.3) is 10.2 Å². The van der Waals surface area contributed by atoms with Gasteiger partial charge in [-0.25, -0.2) is 9.71 Å². The molecule has 0 amide bonds. The van der Waals surface area contributed by atoms with Gasteiger partial charge in [0.2, 0.25) is 0 Å². The van der Waals surface area contributed by atoms with Gasteiger partial charge in [-0.15, -0.1) is 0 Å². The van der Waals surface area contributed by atoms with E-state index in [0.29, 0.717) is 17.9 Å². The molecule has 0 spiro atoms. The Hall–Kier alpha value is -1.19. The molecule has 0 radical (unpaired) electrons. The molecule has 3 N–H and O–H groups in total. The molecule has 0 bridgehead atoms. The molecule has 7 nitrogen and oxygen atoms in total. The van der Waals surface area contributed by atoms with Crippen LogP contribution in [0.1, 0.15) is 18.4 Å². The van der Waals surface area contributed by atoms with Crippen LogP contribution in [-0.2, 0) is 15.8 Å². The first-order valence-electron chi connectivity index (χ1n) is 7.38. The fraction of sp³-hybridized carbons (Fsp3) is 0.500. The van der Waals surface area contributed by atoms with Crippen LogP contribution in [0.25, 0.3) is 5.52 Å². The van der Waals surface area contributed by atoms with E-state index >= 15 is 0 Å². The van der Waals surface area contributed by atoms with Gasteiger partial charge < -0.3 is 9.51 Å². The molecule has 2 aromatic heterocycles. The first-order chi connectivity index (χ1) is 10.8. The van der Waals surface area contributed by atoms with Gasteiger partial charge in [0.1, 0.15) is 0 Å². The molecule has 4 rings (SSSR count). The van der Waals surface area contributed by atoms with Crippen molar-refractivity contribution in [2.45, 2.75) is 24.5 Å². The number of fused-ring (bicyclic) bond motifs is 2. The maximum absolute atomic E-state index is 11.6. The smallest absolute Gasteiger partial charge is 0.276 e. The van der Waals surface area contributed by atoms with Crippen molar-refractivity contribution in [3.05, 3.63) is 35.4 Å². The van der Waals surface area contributed by atoms with Gasteiger partial charge in [0, 0.05) is 24.8 Å². The zero-order chi connectivity index (χ0) is 16.4. The van der Waals surface area contributed by atoms with Gasteiger partial charge >= 0.3 is 0 Å². The summed E-state index contributed by atoms with van der Waals surface area (Å²) in [5.74, 6) is 0.287. The van der Waals surface area contributed by atoms with Crippen molar-refractivity contribution in [1.29, 1.82) is 0 Å². The van der Waals surface area contributed by atoms with Crippen molar-refractivity contribution in [1.82, 2.24) is 18.8 Å². The molecular weight excluding hydrogens is 340 g/mol. The molecule has 9 heteroatoms. The van der Waals surface area contributed by atoms with Crippen molar-refractivity contribution >= 4 is 27.3 Å². The maximum Gasteiger partial charge on any atom is 0.276 e. The second kappa shape index (κ2) is 4.90. The summed E-state index contributed by atoms with van der Waals surface area (Å²) in [6.07, 6.45) is 6.12. The number of aliphatic hydroxyl groups is 1. The highest BCUT2D eigenvalue weighted by Crippen LogP contribution is 2.60. The average Bonchev–Trinajstić information content (AvgIpc) is 2.88. The van der Waals surface area contributed by atoms with E-state index in [1.165, 1.54) is 7.05 Å². The van der Waals surface area contributed by atoms with E-state index in [1.54, 1.807) is 29.2 Å². The fourth-order valence-corrected chi connectivity index (χ4v) is 4.91. The van der Waals surface area contributed by atoms with Crippen molar-refractivity contribution in [2.75, 3.05) is 7.05 Å². The summed E-state index contributed by atoms with van der Waals surface area (Å²) in [5, 5.41) is 11.6. The zero-order valence-corrected chi connectivity index (χ0v) is 14.0. The molecule has 23 heavy (non-hydrogen) atoms. The van der Waals surface area contributed by atoms with Gasteiger partial charge in [-0.1, -0.05) is 11.6 Å². The molecule has 0 aromatic carbocycles. The van der Waals surface area contributed by atoms with E-state index < -0.39 is 15.8 Å². The monoisotopic (exact) mass is 356 g/mol. The summed E-state index contributed by atoms with van der Waals surface area (Å²) in [7, 11) is -2.08. The average molecular weight is 357 g/mol. The second-order valence-corrected chi connectivity index (χ2v) is 8.46. The van der Waals surface area contributed by atoms with E-state index in [9.17, 15) is 13.5 Å². The molecule has 4 atom stereocenters. The Morgan fingerprint density at radius 1 is 1.43 bits per heavy atom. The Morgan fingerprint density at radius 3 is 2.78 bits per heavy atom. The Bertz CT molecular complexity index is 869. The third-order valence-corrected chi connectivity index (χ3v) is 6.35. The number of nitrogens with zero attached hydrogens (tertiary/aromatic N) is 2.